The summed E-state index contributed by atoms with van der Waals surface area (Å²) in [6.07, 6.45) is 5.58. The highest BCUT2D eigenvalue weighted by Gasteiger charge is 2.14. The third-order valence-corrected chi connectivity index (χ3v) is 10.3. The summed E-state index contributed by atoms with van der Waals surface area (Å²) < 4.78 is 0. The summed E-state index contributed by atoms with van der Waals surface area (Å²) in [4.78, 5) is 24.2. The molecule has 10 rings (SSSR count). The lowest BCUT2D eigenvalue weighted by molar-refractivity contribution is 1.18. The van der Waals surface area contributed by atoms with Crippen molar-refractivity contribution in [1.29, 1.82) is 0 Å². The van der Waals surface area contributed by atoms with Gasteiger partial charge in [-0.2, -0.15) is 0 Å². The number of benzene rings is 6. The molecular formula is C51H33N5. The van der Waals surface area contributed by atoms with E-state index in [9.17, 15) is 0 Å². The fourth-order valence-electron chi connectivity index (χ4n) is 7.35. The molecule has 4 aromatic heterocycles. The minimum atomic E-state index is 0.690. The van der Waals surface area contributed by atoms with Crippen molar-refractivity contribution < 1.29 is 0 Å². The summed E-state index contributed by atoms with van der Waals surface area (Å²) in [6.45, 7) is 0. The summed E-state index contributed by atoms with van der Waals surface area (Å²) in [7, 11) is 0. The van der Waals surface area contributed by atoms with Gasteiger partial charge in [0.2, 0.25) is 0 Å². The SMILES string of the molecule is c1ccc(-c2nc(-c3ccc(-c4ccncc4)cc3)cc(-c3cccc(-c4ccc(-c5ccc(-c6nc7ccccc7c7ccccc67)nc5)cc4)c3)n2)cc1. The minimum absolute atomic E-state index is 0.690. The average molecular weight is 716 g/mol. The summed E-state index contributed by atoms with van der Waals surface area (Å²) in [5.74, 6) is 0.690. The van der Waals surface area contributed by atoms with Crippen LogP contribution in [0.1, 0.15) is 0 Å². The number of hydrogen-bond acceptors (Lipinski definition) is 5. The van der Waals surface area contributed by atoms with Gasteiger partial charge in [0, 0.05) is 51.6 Å². The molecule has 0 aliphatic carbocycles. The normalized spacial score (nSPS) is 11.2. The van der Waals surface area contributed by atoms with Crippen LogP contribution in [0.5, 0.6) is 0 Å². The van der Waals surface area contributed by atoms with Crippen LogP contribution in [0, 0.1) is 0 Å². The molecule has 4 heterocycles. The molecule has 262 valence electrons. The minimum Gasteiger partial charge on any atom is -0.265 e. The van der Waals surface area contributed by atoms with E-state index in [0.29, 0.717) is 5.82 Å². The maximum Gasteiger partial charge on any atom is 0.160 e. The van der Waals surface area contributed by atoms with Gasteiger partial charge >= 0.3 is 0 Å². The van der Waals surface area contributed by atoms with Gasteiger partial charge in [-0.25, -0.2) is 15.0 Å². The Labute approximate surface area is 324 Å². The van der Waals surface area contributed by atoms with E-state index in [4.69, 9.17) is 19.9 Å². The molecule has 56 heavy (non-hydrogen) atoms. The molecule has 0 spiro atoms. The van der Waals surface area contributed by atoms with E-state index < -0.39 is 0 Å². The predicted octanol–water partition coefficient (Wildman–Crippen LogP) is 12.6. The van der Waals surface area contributed by atoms with Gasteiger partial charge in [-0.1, -0.05) is 146 Å². The van der Waals surface area contributed by atoms with Crippen molar-refractivity contribution in [2.24, 2.45) is 0 Å². The van der Waals surface area contributed by atoms with Crippen molar-refractivity contribution in [3.63, 3.8) is 0 Å². The first-order valence-corrected chi connectivity index (χ1v) is 18.6. The Bertz CT molecular complexity index is 2980. The van der Waals surface area contributed by atoms with Gasteiger partial charge in [0.25, 0.3) is 0 Å². The van der Waals surface area contributed by atoms with Gasteiger partial charge in [-0.3, -0.25) is 9.97 Å². The molecule has 0 aliphatic heterocycles. The number of para-hydroxylation sites is 1. The van der Waals surface area contributed by atoms with Gasteiger partial charge in [0.05, 0.1) is 28.3 Å². The largest absolute Gasteiger partial charge is 0.265 e. The Kier molecular flexibility index (Phi) is 8.43. The van der Waals surface area contributed by atoms with Gasteiger partial charge in [-0.15, -0.1) is 0 Å². The number of fused-ring (bicyclic) bond motifs is 3. The Balaban J connectivity index is 0.949. The van der Waals surface area contributed by atoms with Crippen LogP contribution in [-0.2, 0) is 0 Å². The van der Waals surface area contributed by atoms with Gasteiger partial charge in [-0.05, 0) is 69.6 Å². The summed E-state index contributed by atoms with van der Waals surface area (Å²) >= 11 is 0. The third kappa shape index (κ3) is 6.37. The number of aromatic nitrogens is 5. The van der Waals surface area contributed by atoms with Crippen molar-refractivity contribution in [1.82, 2.24) is 24.9 Å². The van der Waals surface area contributed by atoms with Gasteiger partial charge in [0.1, 0.15) is 0 Å². The van der Waals surface area contributed by atoms with Crippen LogP contribution in [0.2, 0.25) is 0 Å². The number of rotatable bonds is 7. The van der Waals surface area contributed by atoms with Gasteiger partial charge in [0.15, 0.2) is 5.82 Å². The standard InChI is InChI=1S/C51H33N5/c1-2-9-39(10-3-1)51-55-48(38-23-21-34(22-24-38)37-27-29-52-30-28-37)32-49(56-51)41-12-8-11-40(31-41)35-17-19-36(20-18-35)42-25-26-47(53-33-42)50-45-15-5-4-13-43(45)44-14-6-7-16-46(44)54-50/h1-33H. The van der Waals surface area contributed by atoms with Crippen molar-refractivity contribution >= 4 is 21.7 Å². The van der Waals surface area contributed by atoms with Crippen LogP contribution >= 0.6 is 0 Å². The summed E-state index contributed by atoms with van der Waals surface area (Å²) in [5, 5.41) is 3.43. The van der Waals surface area contributed by atoms with Crippen LogP contribution in [-0.4, -0.2) is 24.9 Å². The molecule has 0 aliphatic rings. The zero-order chi connectivity index (χ0) is 37.3. The Hall–Kier alpha value is -7.63. The zero-order valence-corrected chi connectivity index (χ0v) is 30.3. The van der Waals surface area contributed by atoms with E-state index >= 15 is 0 Å². The number of nitrogens with zero attached hydrogens (tertiary/aromatic N) is 5. The lowest BCUT2D eigenvalue weighted by Crippen LogP contribution is -1.96. The number of pyridine rings is 3. The Morgan fingerprint density at radius 1 is 0.304 bits per heavy atom. The molecule has 0 atom stereocenters. The Morgan fingerprint density at radius 2 is 0.857 bits per heavy atom. The van der Waals surface area contributed by atoms with Crippen molar-refractivity contribution in [3.05, 3.63) is 201 Å². The van der Waals surface area contributed by atoms with Crippen LogP contribution in [0.15, 0.2) is 201 Å². The first kappa shape index (κ1) is 33.0. The van der Waals surface area contributed by atoms with Crippen molar-refractivity contribution in [2.75, 3.05) is 0 Å². The lowest BCUT2D eigenvalue weighted by atomic mass is 9.98. The topological polar surface area (TPSA) is 64.5 Å². The molecule has 0 bridgehead atoms. The molecule has 0 unspecified atom stereocenters. The molecule has 5 heteroatoms. The summed E-state index contributed by atoms with van der Waals surface area (Å²) in [6, 6.07) is 63.0. The van der Waals surface area contributed by atoms with Crippen molar-refractivity contribution in [2.45, 2.75) is 0 Å². The van der Waals surface area contributed by atoms with E-state index in [1.54, 1.807) is 0 Å². The van der Waals surface area contributed by atoms with Crippen LogP contribution < -0.4 is 0 Å². The average Bonchev–Trinajstić information content (AvgIpc) is 3.29. The Morgan fingerprint density at radius 3 is 1.59 bits per heavy atom. The lowest BCUT2D eigenvalue weighted by Gasteiger charge is -2.11. The van der Waals surface area contributed by atoms with E-state index in [2.05, 4.69) is 151 Å². The molecule has 0 N–H and O–H groups in total. The van der Waals surface area contributed by atoms with E-state index in [1.807, 2.05) is 55.0 Å². The van der Waals surface area contributed by atoms with Crippen molar-refractivity contribution in [3.8, 4) is 78.7 Å². The fraction of sp³-hybridized carbons (Fsp3) is 0. The van der Waals surface area contributed by atoms with Crippen LogP contribution in [0.3, 0.4) is 0 Å². The highest BCUT2D eigenvalue weighted by atomic mass is 14.9. The monoisotopic (exact) mass is 715 g/mol. The third-order valence-electron chi connectivity index (χ3n) is 10.3. The van der Waals surface area contributed by atoms with E-state index in [1.165, 1.54) is 5.39 Å². The van der Waals surface area contributed by atoms with E-state index in [0.717, 1.165) is 89.1 Å². The predicted molar refractivity (Wildman–Crippen MR) is 228 cm³/mol. The number of hydrogen-bond donors (Lipinski definition) is 0. The van der Waals surface area contributed by atoms with Crippen LogP contribution in [0.25, 0.3) is 100 Å². The second kappa shape index (κ2) is 14.3. The molecule has 5 nitrogen and oxygen atoms in total. The zero-order valence-electron chi connectivity index (χ0n) is 30.3. The summed E-state index contributed by atoms with van der Waals surface area (Å²) in [5.41, 5.74) is 14.1. The second-order valence-corrected chi connectivity index (χ2v) is 13.8. The highest BCUT2D eigenvalue weighted by molar-refractivity contribution is 6.10. The molecule has 6 aromatic carbocycles. The maximum absolute atomic E-state index is 5.08. The molecule has 0 saturated heterocycles. The maximum atomic E-state index is 5.08. The smallest absolute Gasteiger partial charge is 0.160 e. The first-order chi connectivity index (χ1) is 27.7. The quantitative estimate of drug-likeness (QED) is 0.154. The fourth-order valence-corrected chi connectivity index (χ4v) is 7.35. The highest BCUT2D eigenvalue weighted by Crippen LogP contribution is 2.34. The molecular weight excluding hydrogens is 683 g/mol. The molecule has 0 saturated carbocycles. The molecule has 0 radical (unpaired) electrons. The second-order valence-electron chi connectivity index (χ2n) is 13.8. The first-order valence-electron chi connectivity index (χ1n) is 18.6. The molecule has 0 fully saturated rings. The molecule has 0 amide bonds. The van der Waals surface area contributed by atoms with E-state index in [-0.39, 0.29) is 0 Å². The van der Waals surface area contributed by atoms with Crippen LogP contribution in [0.4, 0.5) is 0 Å². The molecule has 10 aromatic rings. The van der Waals surface area contributed by atoms with Gasteiger partial charge < -0.3 is 0 Å².